The van der Waals surface area contributed by atoms with Crippen LogP contribution in [0.25, 0.3) is 0 Å². The van der Waals surface area contributed by atoms with E-state index in [1.54, 1.807) is 26.0 Å². The molecule has 1 rings (SSSR count). The number of hydrogen-bond acceptors (Lipinski definition) is 4. The number of para-hydroxylation sites is 2. The summed E-state index contributed by atoms with van der Waals surface area (Å²) in [5.41, 5.74) is 6.26. The topological polar surface area (TPSA) is 69.4 Å². The summed E-state index contributed by atoms with van der Waals surface area (Å²) in [5.74, 6) is 0.756. The molecule has 5 heteroatoms. The highest BCUT2D eigenvalue weighted by molar-refractivity contribution is 7.91. The summed E-state index contributed by atoms with van der Waals surface area (Å²) in [6.07, 6.45) is 0.481. The van der Waals surface area contributed by atoms with Crippen LogP contribution in [0.5, 0.6) is 5.75 Å². The van der Waals surface area contributed by atoms with Crippen LogP contribution in [0.2, 0.25) is 0 Å². The van der Waals surface area contributed by atoms with Gasteiger partial charge < -0.3 is 10.5 Å². The molecule has 0 heterocycles. The first-order valence-electron chi connectivity index (χ1n) is 5.62. The molecule has 1 aromatic rings. The summed E-state index contributed by atoms with van der Waals surface area (Å²) in [4.78, 5) is 0. The van der Waals surface area contributed by atoms with Gasteiger partial charge in [0.15, 0.2) is 9.84 Å². The third-order valence-corrected chi connectivity index (χ3v) is 4.76. The number of nitrogens with two attached hydrogens (primary N) is 1. The predicted molar refractivity (Wildman–Crippen MR) is 69.9 cm³/mol. The van der Waals surface area contributed by atoms with E-state index in [0.29, 0.717) is 24.5 Å². The minimum Gasteiger partial charge on any atom is -0.491 e. The van der Waals surface area contributed by atoms with E-state index >= 15 is 0 Å². The Bertz CT molecular complexity index is 455. The van der Waals surface area contributed by atoms with Crippen molar-refractivity contribution in [2.24, 2.45) is 0 Å². The van der Waals surface area contributed by atoms with Gasteiger partial charge in [-0.05, 0) is 32.4 Å². The molecule has 0 amide bonds. The van der Waals surface area contributed by atoms with E-state index in [2.05, 4.69) is 0 Å². The summed E-state index contributed by atoms with van der Waals surface area (Å²) in [6, 6.07) is 7.18. The minimum atomic E-state index is -2.97. The molecule has 0 unspecified atom stereocenters. The molecule has 0 aliphatic carbocycles. The molecule has 4 nitrogen and oxygen atoms in total. The van der Waals surface area contributed by atoms with Gasteiger partial charge >= 0.3 is 0 Å². The van der Waals surface area contributed by atoms with Crippen molar-refractivity contribution in [2.75, 3.05) is 18.1 Å². The van der Waals surface area contributed by atoms with Gasteiger partial charge in [-0.1, -0.05) is 12.1 Å². The Kier molecular flexibility index (Phi) is 4.81. The highest BCUT2D eigenvalue weighted by Crippen LogP contribution is 2.19. The maximum Gasteiger partial charge on any atom is 0.152 e. The highest BCUT2D eigenvalue weighted by Gasteiger charge is 2.15. The molecule has 1 aromatic carbocycles. The number of sulfone groups is 1. The Balaban J connectivity index is 2.38. The van der Waals surface area contributed by atoms with Crippen molar-refractivity contribution in [1.82, 2.24) is 0 Å². The van der Waals surface area contributed by atoms with Crippen molar-refractivity contribution in [3.05, 3.63) is 24.3 Å². The zero-order valence-electron chi connectivity index (χ0n) is 10.2. The molecule has 0 saturated carbocycles. The van der Waals surface area contributed by atoms with Crippen molar-refractivity contribution >= 4 is 15.5 Å². The van der Waals surface area contributed by atoms with Crippen LogP contribution < -0.4 is 10.5 Å². The average molecular weight is 257 g/mol. The molecule has 0 aliphatic rings. The van der Waals surface area contributed by atoms with Gasteiger partial charge in [0.25, 0.3) is 0 Å². The normalized spacial score (nSPS) is 11.7. The van der Waals surface area contributed by atoms with E-state index in [9.17, 15) is 8.42 Å². The standard InChI is InChI=1S/C12H19NO3S/c1-10(2)17(14,15)9-5-8-16-12-7-4-3-6-11(12)13/h3-4,6-7,10H,5,8-9,13H2,1-2H3. The maximum atomic E-state index is 11.5. The van der Waals surface area contributed by atoms with E-state index in [1.165, 1.54) is 0 Å². The van der Waals surface area contributed by atoms with Gasteiger partial charge in [0.05, 0.1) is 23.3 Å². The first-order chi connectivity index (χ1) is 7.93. The minimum absolute atomic E-state index is 0.150. The van der Waals surface area contributed by atoms with Crippen LogP contribution >= 0.6 is 0 Å². The summed E-state index contributed by atoms with van der Waals surface area (Å²) in [7, 11) is -2.97. The third kappa shape index (κ3) is 4.26. The van der Waals surface area contributed by atoms with Crippen LogP contribution in [-0.4, -0.2) is 26.0 Å². The fourth-order valence-corrected chi connectivity index (χ4v) is 2.28. The molecule has 0 aromatic heterocycles. The molecular weight excluding hydrogens is 238 g/mol. The SMILES string of the molecule is CC(C)S(=O)(=O)CCCOc1ccccc1N. The Morgan fingerprint density at radius 2 is 1.94 bits per heavy atom. The lowest BCUT2D eigenvalue weighted by Gasteiger charge is -2.10. The molecule has 0 bridgehead atoms. The van der Waals surface area contributed by atoms with Crippen molar-refractivity contribution < 1.29 is 13.2 Å². The number of benzene rings is 1. The van der Waals surface area contributed by atoms with Crippen molar-refractivity contribution in [3.8, 4) is 5.75 Å². The van der Waals surface area contributed by atoms with E-state index in [0.717, 1.165) is 0 Å². The second-order valence-corrected chi connectivity index (χ2v) is 6.83. The molecule has 0 aliphatic heterocycles. The lowest BCUT2D eigenvalue weighted by Crippen LogP contribution is -2.19. The first-order valence-corrected chi connectivity index (χ1v) is 7.34. The molecular formula is C12H19NO3S. The van der Waals surface area contributed by atoms with Crippen molar-refractivity contribution in [1.29, 1.82) is 0 Å². The predicted octanol–water partition coefficient (Wildman–Crippen LogP) is 1.86. The van der Waals surface area contributed by atoms with E-state index < -0.39 is 9.84 Å². The molecule has 0 saturated heterocycles. The molecule has 17 heavy (non-hydrogen) atoms. The van der Waals surface area contributed by atoms with Gasteiger partial charge in [0, 0.05) is 0 Å². The highest BCUT2D eigenvalue weighted by atomic mass is 32.2. The number of nitrogen functional groups attached to an aromatic ring is 1. The lowest BCUT2D eigenvalue weighted by atomic mass is 10.3. The maximum absolute atomic E-state index is 11.5. The second kappa shape index (κ2) is 5.91. The van der Waals surface area contributed by atoms with Crippen LogP contribution in [0.3, 0.4) is 0 Å². The molecule has 0 fully saturated rings. The van der Waals surface area contributed by atoms with Gasteiger partial charge in [-0.2, -0.15) is 0 Å². The fourth-order valence-electron chi connectivity index (χ4n) is 1.29. The zero-order chi connectivity index (χ0) is 12.9. The van der Waals surface area contributed by atoms with Crippen LogP contribution in [0, 0.1) is 0 Å². The van der Waals surface area contributed by atoms with Crippen LogP contribution in [0.1, 0.15) is 20.3 Å². The summed E-state index contributed by atoms with van der Waals surface area (Å²) < 4.78 is 28.5. The summed E-state index contributed by atoms with van der Waals surface area (Å²) in [5, 5.41) is -0.329. The van der Waals surface area contributed by atoms with E-state index in [4.69, 9.17) is 10.5 Å². The first kappa shape index (κ1) is 13.8. The Hall–Kier alpha value is -1.23. The molecule has 0 spiro atoms. The summed E-state index contributed by atoms with van der Waals surface area (Å²) in [6.45, 7) is 3.73. The van der Waals surface area contributed by atoms with Crippen molar-refractivity contribution in [2.45, 2.75) is 25.5 Å². The largest absolute Gasteiger partial charge is 0.491 e. The van der Waals surface area contributed by atoms with Crippen LogP contribution in [-0.2, 0) is 9.84 Å². The van der Waals surface area contributed by atoms with Gasteiger partial charge in [-0.25, -0.2) is 8.42 Å². The van der Waals surface area contributed by atoms with E-state index in [-0.39, 0.29) is 11.0 Å². The number of anilines is 1. The average Bonchev–Trinajstić information content (AvgIpc) is 2.26. The van der Waals surface area contributed by atoms with Gasteiger partial charge in [-0.15, -0.1) is 0 Å². The number of rotatable bonds is 6. The molecule has 2 N–H and O–H groups in total. The van der Waals surface area contributed by atoms with Gasteiger partial charge in [-0.3, -0.25) is 0 Å². The van der Waals surface area contributed by atoms with Gasteiger partial charge in [0.1, 0.15) is 5.75 Å². The second-order valence-electron chi connectivity index (χ2n) is 4.16. The summed E-state index contributed by atoms with van der Waals surface area (Å²) >= 11 is 0. The van der Waals surface area contributed by atoms with E-state index in [1.807, 2.05) is 12.1 Å². The molecule has 96 valence electrons. The lowest BCUT2D eigenvalue weighted by molar-refractivity contribution is 0.319. The third-order valence-electron chi connectivity index (χ3n) is 2.47. The monoisotopic (exact) mass is 257 g/mol. The number of ether oxygens (including phenoxy) is 1. The van der Waals surface area contributed by atoms with Gasteiger partial charge in [0.2, 0.25) is 0 Å². The molecule has 0 radical (unpaired) electrons. The quantitative estimate of drug-likeness (QED) is 0.624. The zero-order valence-corrected chi connectivity index (χ0v) is 11.0. The Morgan fingerprint density at radius 1 is 1.29 bits per heavy atom. The Morgan fingerprint density at radius 3 is 2.53 bits per heavy atom. The number of hydrogen-bond donors (Lipinski definition) is 1. The molecule has 0 atom stereocenters. The fraction of sp³-hybridized carbons (Fsp3) is 0.500. The van der Waals surface area contributed by atoms with Crippen molar-refractivity contribution in [3.63, 3.8) is 0 Å². The van der Waals surface area contributed by atoms with Crippen LogP contribution in [0.15, 0.2) is 24.3 Å². The Labute approximate surface area is 103 Å². The van der Waals surface area contributed by atoms with Crippen LogP contribution in [0.4, 0.5) is 5.69 Å². The smallest absolute Gasteiger partial charge is 0.152 e.